The van der Waals surface area contributed by atoms with Gasteiger partial charge in [-0.1, -0.05) is 68.7 Å². The number of carbonyl (C=O) groups excluding carboxylic acids is 2. The Balaban J connectivity index is 1.41. The Bertz CT molecular complexity index is 1540. The number of nitrogens with one attached hydrogen (secondary N) is 2. The molecular weight excluding hydrogens is 712 g/mol. The minimum absolute atomic E-state index is 0.00507. The highest BCUT2D eigenvalue weighted by Gasteiger charge is 2.57. The van der Waals surface area contributed by atoms with Gasteiger partial charge in [-0.3, -0.25) is 14.4 Å². The monoisotopic (exact) mass is 770 g/mol. The van der Waals surface area contributed by atoms with Crippen LogP contribution in [0.1, 0.15) is 76.7 Å². The molecular formula is C40H59BrN4O6. The number of halogens is 1. The Morgan fingerprint density at radius 2 is 1.88 bits per heavy atom. The van der Waals surface area contributed by atoms with Gasteiger partial charge in [0.15, 0.2) is 0 Å². The van der Waals surface area contributed by atoms with Crippen molar-refractivity contribution in [1.29, 1.82) is 0 Å². The molecule has 3 aliphatic carbocycles. The first-order valence-electron chi connectivity index (χ1n) is 18.5. The fourth-order valence-electron chi connectivity index (χ4n) is 9.16. The molecule has 0 aromatic heterocycles. The topological polar surface area (TPSA) is 124 Å². The van der Waals surface area contributed by atoms with E-state index in [1.807, 2.05) is 50.5 Å². The van der Waals surface area contributed by atoms with E-state index in [9.17, 15) is 19.8 Å². The minimum Gasteiger partial charge on any atom is -0.496 e. The third-order valence-corrected chi connectivity index (χ3v) is 12.3. The molecule has 4 fully saturated rings. The number of para-hydroxylation sites is 1. The number of nitrogens with zero attached hydrogens (tertiary/aromatic N) is 2. The maximum Gasteiger partial charge on any atom is 0.251 e. The van der Waals surface area contributed by atoms with E-state index < -0.39 is 24.2 Å². The van der Waals surface area contributed by atoms with Crippen LogP contribution in [0.15, 0.2) is 40.9 Å². The number of carbonyl (C=O) groups is 2. The fourth-order valence-corrected chi connectivity index (χ4v) is 9.66. The maximum atomic E-state index is 14.2. The smallest absolute Gasteiger partial charge is 0.251 e. The van der Waals surface area contributed by atoms with Crippen molar-refractivity contribution in [3.05, 3.63) is 52.0 Å². The van der Waals surface area contributed by atoms with Gasteiger partial charge in [0.25, 0.3) is 5.91 Å². The Morgan fingerprint density at radius 3 is 2.47 bits per heavy atom. The second-order valence-electron chi connectivity index (χ2n) is 16.5. The van der Waals surface area contributed by atoms with Crippen molar-refractivity contribution in [3.8, 4) is 16.9 Å². The number of hydroxylamine groups is 2. The molecule has 11 heteroatoms. The number of fused-ring (bicyclic) bond motifs is 2. The normalized spacial score (nSPS) is 28.3. The lowest BCUT2D eigenvalue weighted by Crippen LogP contribution is -2.62. The van der Waals surface area contributed by atoms with Gasteiger partial charge in [0.1, 0.15) is 17.9 Å². The van der Waals surface area contributed by atoms with Gasteiger partial charge in [-0.15, -0.1) is 0 Å². The molecule has 2 bridgehead atoms. The first-order valence-corrected chi connectivity index (χ1v) is 19.3. The number of rotatable bonds is 14. The summed E-state index contributed by atoms with van der Waals surface area (Å²) in [7, 11) is 5.62. The average Bonchev–Trinajstić information content (AvgIpc) is 3.43. The summed E-state index contributed by atoms with van der Waals surface area (Å²) < 4.78 is 6.78. The Morgan fingerprint density at radius 1 is 1.16 bits per heavy atom. The summed E-state index contributed by atoms with van der Waals surface area (Å²) in [5, 5.41) is 29.4. The van der Waals surface area contributed by atoms with Crippen LogP contribution in [0.4, 0.5) is 0 Å². The highest BCUT2D eigenvalue weighted by Crippen LogP contribution is 2.61. The van der Waals surface area contributed by atoms with Crippen LogP contribution in [-0.2, 0) is 16.2 Å². The molecule has 10 nitrogen and oxygen atoms in total. The van der Waals surface area contributed by atoms with Gasteiger partial charge in [0.2, 0.25) is 5.91 Å². The van der Waals surface area contributed by atoms with E-state index in [2.05, 4.69) is 66.1 Å². The molecule has 3 saturated carbocycles. The third-order valence-electron chi connectivity index (χ3n) is 11.8. The number of amides is 2. The summed E-state index contributed by atoms with van der Waals surface area (Å²) in [4.78, 5) is 36.1. The van der Waals surface area contributed by atoms with E-state index in [-0.39, 0.29) is 42.5 Å². The van der Waals surface area contributed by atoms with Gasteiger partial charge in [0.05, 0.1) is 26.4 Å². The van der Waals surface area contributed by atoms with Gasteiger partial charge in [-0.2, -0.15) is 5.06 Å². The van der Waals surface area contributed by atoms with Gasteiger partial charge in [-0.25, -0.2) is 0 Å². The van der Waals surface area contributed by atoms with Crippen molar-refractivity contribution in [2.45, 2.75) is 97.7 Å². The molecule has 0 radical (unpaired) electrons. The molecule has 2 aromatic rings. The number of hydrogen-bond acceptors (Lipinski definition) is 8. The predicted molar refractivity (Wildman–Crippen MR) is 203 cm³/mol. The highest BCUT2D eigenvalue weighted by atomic mass is 79.9. The average molecular weight is 772 g/mol. The van der Waals surface area contributed by atoms with Gasteiger partial charge < -0.3 is 30.5 Å². The number of likely N-dealkylation sites (N-methyl/N-ethyl adjacent to an activating group) is 1. The second-order valence-corrected chi connectivity index (χ2v) is 17.4. The fraction of sp³-hybridized carbons (Fsp3) is 0.650. The maximum absolute atomic E-state index is 14.2. The number of aliphatic hydroxyl groups excluding tert-OH is 2. The molecule has 51 heavy (non-hydrogen) atoms. The molecule has 282 valence electrons. The van der Waals surface area contributed by atoms with Crippen LogP contribution in [0.3, 0.4) is 0 Å². The van der Waals surface area contributed by atoms with Crippen molar-refractivity contribution in [1.82, 2.24) is 20.6 Å². The van der Waals surface area contributed by atoms with Crippen LogP contribution < -0.4 is 15.4 Å². The SMILES string of the molecule is COc1c(CN2O[C@@H](CO)[C@@H]([C@H](C)O)[C@H]2C(=O)N[C@H]2C[C@H]3C[C@@H]([C@@H]2C)C3(C)C)cccc1-c1cc(Br)cc(C(=O)N[C@@H](CC(C)C)CN(C)C)c1. The van der Waals surface area contributed by atoms with Crippen LogP contribution in [0.5, 0.6) is 5.75 Å². The second kappa shape index (κ2) is 16.2. The summed E-state index contributed by atoms with van der Waals surface area (Å²) in [6.07, 6.45) is 1.37. The summed E-state index contributed by atoms with van der Waals surface area (Å²) >= 11 is 3.63. The molecule has 0 unspecified atom stereocenters. The lowest BCUT2D eigenvalue weighted by atomic mass is 9.45. The summed E-state index contributed by atoms with van der Waals surface area (Å²) in [5.74, 6) is 1.52. The van der Waals surface area contributed by atoms with Gasteiger partial charge in [-0.05, 0) is 93.1 Å². The molecule has 4 N–H and O–H groups in total. The van der Waals surface area contributed by atoms with E-state index in [1.54, 1.807) is 19.1 Å². The first-order chi connectivity index (χ1) is 24.0. The van der Waals surface area contributed by atoms with Crippen molar-refractivity contribution < 1.29 is 29.4 Å². The van der Waals surface area contributed by atoms with Crippen molar-refractivity contribution in [2.24, 2.45) is 35.0 Å². The van der Waals surface area contributed by atoms with Crippen molar-refractivity contribution in [3.63, 3.8) is 0 Å². The van der Waals surface area contributed by atoms with Crippen LogP contribution in [0, 0.1) is 35.0 Å². The molecule has 1 aliphatic heterocycles. The highest BCUT2D eigenvalue weighted by molar-refractivity contribution is 9.10. The molecule has 9 atom stereocenters. The minimum atomic E-state index is -0.892. The number of methoxy groups -OCH3 is 1. The predicted octanol–water partition coefficient (Wildman–Crippen LogP) is 5.49. The van der Waals surface area contributed by atoms with E-state index >= 15 is 0 Å². The zero-order valence-corrected chi connectivity index (χ0v) is 33.4. The quantitative estimate of drug-likeness (QED) is 0.199. The third kappa shape index (κ3) is 8.49. The summed E-state index contributed by atoms with van der Waals surface area (Å²) in [6, 6.07) is 10.7. The summed E-state index contributed by atoms with van der Waals surface area (Å²) in [6.45, 7) is 13.4. The lowest BCUT2D eigenvalue weighted by molar-refractivity contribution is -0.183. The van der Waals surface area contributed by atoms with E-state index in [0.29, 0.717) is 35.0 Å². The van der Waals surface area contributed by atoms with E-state index in [4.69, 9.17) is 9.57 Å². The number of hydrogen-bond donors (Lipinski definition) is 4. The lowest BCUT2D eigenvalue weighted by Gasteiger charge is -2.62. The van der Waals surface area contributed by atoms with Crippen LogP contribution in [-0.4, -0.2) is 96.7 Å². The number of benzene rings is 2. The number of aliphatic hydroxyl groups is 2. The Hall–Kier alpha value is -2.54. The van der Waals surface area contributed by atoms with E-state index in [0.717, 1.165) is 40.5 Å². The Labute approximate surface area is 312 Å². The van der Waals surface area contributed by atoms with E-state index in [1.165, 1.54) is 6.42 Å². The summed E-state index contributed by atoms with van der Waals surface area (Å²) in [5.41, 5.74) is 3.15. The Kier molecular flexibility index (Phi) is 12.6. The van der Waals surface area contributed by atoms with Crippen LogP contribution in [0.25, 0.3) is 11.1 Å². The van der Waals surface area contributed by atoms with Gasteiger partial charge in [0, 0.05) is 45.7 Å². The van der Waals surface area contributed by atoms with Crippen LogP contribution in [0.2, 0.25) is 0 Å². The van der Waals surface area contributed by atoms with Crippen LogP contribution >= 0.6 is 15.9 Å². The zero-order valence-electron chi connectivity index (χ0n) is 31.8. The molecule has 1 saturated heterocycles. The molecule has 4 aliphatic rings. The molecule has 6 rings (SSSR count). The van der Waals surface area contributed by atoms with Crippen molar-refractivity contribution >= 4 is 27.7 Å². The first kappa shape index (κ1) is 39.7. The number of ether oxygens (including phenoxy) is 1. The zero-order chi connectivity index (χ0) is 37.4. The molecule has 1 heterocycles. The molecule has 2 aromatic carbocycles. The largest absolute Gasteiger partial charge is 0.496 e. The molecule has 0 spiro atoms. The van der Waals surface area contributed by atoms with Gasteiger partial charge >= 0.3 is 0 Å². The van der Waals surface area contributed by atoms with Crippen molar-refractivity contribution in [2.75, 3.05) is 34.4 Å². The molecule has 2 amide bonds. The standard InChI is InChI=1S/C40H59BrN4O6/c1-22(2)13-30(20-44(7)8)42-38(48)27-14-26(15-29(41)16-27)31-12-10-11-25(37(31)50-9)19-45-36(35(24(4)47)34(21-46)51-45)39(49)43-33-18-28-17-32(23(33)3)40(28,5)6/h10-12,14-16,22-24,28,30,32-36,46-47H,13,17-21H2,1-9H3,(H,42,48)(H,43,49)/t23-,24-,28+,30-,32-,33-,34-,35+,36-/m0/s1.